The molecule has 0 aliphatic carbocycles. The maximum Gasteiger partial charge on any atom is 0.136 e. The molecule has 1 N–H and O–H groups in total. The second-order valence-electron chi connectivity index (χ2n) is 4.68. The van der Waals surface area contributed by atoms with E-state index in [1.54, 1.807) is 13.2 Å². The molecule has 18 heavy (non-hydrogen) atoms. The molecular formula is C14H18N2O2. The molecule has 0 amide bonds. The highest BCUT2D eigenvalue weighted by molar-refractivity contribution is 5.45. The summed E-state index contributed by atoms with van der Waals surface area (Å²) in [6.45, 7) is 2.53. The van der Waals surface area contributed by atoms with E-state index in [1.165, 1.54) is 0 Å². The van der Waals surface area contributed by atoms with Crippen molar-refractivity contribution >= 4 is 0 Å². The summed E-state index contributed by atoms with van der Waals surface area (Å²) in [7, 11) is 1.57. The van der Waals surface area contributed by atoms with Gasteiger partial charge in [0.05, 0.1) is 18.8 Å². The number of benzene rings is 1. The third-order valence-corrected chi connectivity index (χ3v) is 3.27. The summed E-state index contributed by atoms with van der Waals surface area (Å²) in [5.74, 6) is 0.618. The molecule has 0 saturated carbocycles. The highest BCUT2D eigenvalue weighted by Crippen LogP contribution is 2.21. The lowest BCUT2D eigenvalue weighted by Crippen LogP contribution is -2.37. The van der Waals surface area contributed by atoms with E-state index in [9.17, 15) is 5.11 Å². The number of hydrogen-bond donors (Lipinski definition) is 1. The first kappa shape index (κ1) is 12.9. The zero-order valence-corrected chi connectivity index (χ0v) is 10.6. The second kappa shape index (κ2) is 5.85. The van der Waals surface area contributed by atoms with Crippen LogP contribution in [0, 0.1) is 11.3 Å². The average Bonchev–Trinajstić information content (AvgIpc) is 2.38. The Kier molecular flexibility index (Phi) is 4.19. The van der Waals surface area contributed by atoms with E-state index in [0.717, 1.165) is 38.0 Å². The Morgan fingerprint density at radius 2 is 2.39 bits per heavy atom. The van der Waals surface area contributed by atoms with Crippen LogP contribution < -0.4 is 4.74 Å². The maximum absolute atomic E-state index is 9.63. The molecule has 4 heteroatoms. The van der Waals surface area contributed by atoms with E-state index < -0.39 is 0 Å². The minimum absolute atomic E-state index is 0.209. The molecule has 1 saturated heterocycles. The minimum atomic E-state index is -0.209. The zero-order chi connectivity index (χ0) is 13.0. The third-order valence-electron chi connectivity index (χ3n) is 3.27. The van der Waals surface area contributed by atoms with E-state index in [-0.39, 0.29) is 6.10 Å². The van der Waals surface area contributed by atoms with Gasteiger partial charge < -0.3 is 9.84 Å². The van der Waals surface area contributed by atoms with Crippen LogP contribution in [0.3, 0.4) is 0 Å². The van der Waals surface area contributed by atoms with Crippen LogP contribution >= 0.6 is 0 Å². The Morgan fingerprint density at radius 3 is 3.06 bits per heavy atom. The van der Waals surface area contributed by atoms with Gasteiger partial charge in [0, 0.05) is 13.1 Å². The molecule has 2 rings (SSSR count). The fourth-order valence-electron chi connectivity index (χ4n) is 2.36. The quantitative estimate of drug-likeness (QED) is 0.878. The van der Waals surface area contributed by atoms with Crippen molar-refractivity contribution in [3.8, 4) is 11.8 Å². The summed E-state index contributed by atoms with van der Waals surface area (Å²) in [6.07, 6.45) is 1.72. The lowest BCUT2D eigenvalue weighted by molar-refractivity contribution is 0.0668. The zero-order valence-electron chi connectivity index (χ0n) is 10.6. The highest BCUT2D eigenvalue weighted by atomic mass is 16.5. The number of aliphatic hydroxyl groups is 1. The van der Waals surface area contributed by atoms with Crippen LogP contribution in [0.1, 0.15) is 24.0 Å². The first-order chi connectivity index (χ1) is 8.72. The highest BCUT2D eigenvalue weighted by Gasteiger charge is 2.17. The minimum Gasteiger partial charge on any atom is -0.495 e. The van der Waals surface area contributed by atoms with Gasteiger partial charge in [0.15, 0.2) is 0 Å². The summed E-state index contributed by atoms with van der Waals surface area (Å²) in [5, 5.41) is 18.6. The lowest BCUT2D eigenvalue weighted by atomic mass is 10.1. The van der Waals surface area contributed by atoms with E-state index in [1.807, 2.05) is 12.1 Å². The second-order valence-corrected chi connectivity index (χ2v) is 4.68. The van der Waals surface area contributed by atoms with Crippen LogP contribution in [0.4, 0.5) is 0 Å². The summed E-state index contributed by atoms with van der Waals surface area (Å²) in [6, 6.07) is 7.74. The van der Waals surface area contributed by atoms with Gasteiger partial charge in [-0.3, -0.25) is 4.90 Å². The van der Waals surface area contributed by atoms with Gasteiger partial charge in [0.1, 0.15) is 11.8 Å². The number of nitrogens with zero attached hydrogens (tertiary/aromatic N) is 2. The van der Waals surface area contributed by atoms with Gasteiger partial charge in [0.25, 0.3) is 0 Å². The van der Waals surface area contributed by atoms with Crippen LogP contribution in [-0.4, -0.2) is 36.3 Å². The van der Waals surface area contributed by atoms with Gasteiger partial charge in [0.2, 0.25) is 0 Å². The molecule has 4 nitrogen and oxygen atoms in total. The number of hydrogen-bond acceptors (Lipinski definition) is 4. The number of rotatable bonds is 3. The Bertz CT molecular complexity index is 454. The molecule has 0 bridgehead atoms. The van der Waals surface area contributed by atoms with E-state index in [0.29, 0.717) is 11.3 Å². The monoisotopic (exact) mass is 246 g/mol. The Hall–Kier alpha value is -1.57. The summed E-state index contributed by atoms with van der Waals surface area (Å²) in [4.78, 5) is 2.23. The summed E-state index contributed by atoms with van der Waals surface area (Å²) >= 11 is 0. The van der Waals surface area contributed by atoms with Crippen LogP contribution in [0.2, 0.25) is 0 Å². The molecule has 0 spiro atoms. The number of β-amino-alcohol motifs (C(OH)–C–C–N with tert-alkyl or cyclic N) is 1. The molecule has 1 aliphatic heterocycles. The van der Waals surface area contributed by atoms with Crippen LogP contribution in [0.5, 0.6) is 5.75 Å². The predicted molar refractivity (Wildman–Crippen MR) is 68.2 cm³/mol. The number of aliphatic hydroxyl groups excluding tert-OH is 1. The lowest BCUT2D eigenvalue weighted by Gasteiger charge is -2.30. The van der Waals surface area contributed by atoms with Crippen molar-refractivity contribution in [1.29, 1.82) is 5.26 Å². The fraction of sp³-hybridized carbons (Fsp3) is 0.500. The SMILES string of the molecule is COc1cc(CN2CCC[C@H](O)C2)ccc1C#N. The van der Waals surface area contributed by atoms with Gasteiger partial charge in [-0.2, -0.15) is 5.26 Å². The van der Waals surface area contributed by atoms with Crippen molar-refractivity contribution in [1.82, 2.24) is 4.90 Å². The molecule has 1 heterocycles. The number of ether oxygens (including phenoxy) is 1. The van der Waals surface area contributed by atoms with Crippen molar-refractivity contribution in [2.24, 2.45) is 0 Å². The number of nitriles is 1. The Balaban J connectivity index is 2.07. The van der Waals surface area contributed by atoms with E-state index in [4.69, 9.17) is 10.00 Å². The summed E-state index contributed by atoms with van der Waals surface area (Å²) < 4.78 is 5.20. The normalized spacial score (nSPS) is 20.4. The Labute approximate surface area is 107 Å². The van der Waals surface area contributed by atoms with Gasteiger partial charge in [-0.1, -0.05) is 6.07 Å². The molecule has 1 fully saturated rings. The van der Waals surface area contributed by atoms with Gasteiger partial charge in [-0.05, 0) is 37.1 Å². The van der Waals surface area contributed by atoms with E-state index in [2.05, 4.69) is 11.0 Å². The number of methoxy groups -OCH3 is 1. The Morgan fingerprint density at radius 1 is 1.56 bits per heavy atom. The van der Waals surface area contributed by atoms with Crippen LogP contribution in [0.15, 0.2) is 18.2 Å². The maximum atomic E-state index is 9.63. The first-order valence-corrected chi connectivity index (χ1v) is 6.20. The number of piperidine rings is 1. The smallest absolute Gasteiger partial charge is 0.136 e. The third kappa shape index (κ3) is 3.00. The predicted octanol–water partition coefficient (Wildman–Crippen LogP) is 1.52. The van der Waals surface area contributed by atoms with Crippen molar-refractivity contribution in [3.63, 3.8) is 0 Å². The largest absolute Gasteiger partial charge is 0.495 e. The standard InChI is InChI=1S/C14H18N2O2/c1-18-14-7-11(4-5-12(14)8-15)9-16-6-2-3-13(17)10-16/h4-5,7,13,17H,2-3,6,9-10H2,1H3/t13-/m0/s1. The molecule has 0 radical (unpaired) electrons. The topological polar surface area (TPSA) is 56.5 Å². The van der Waals surface area contributed by atoms with Crippen LogP contribution in [-0.2, 0) is 6.54 Å². The molecule has 1 aromatic rings. The van der Waals surface area contributed by atoms with Crippen molar-refractivity contribution in [2.45, 2.75) is 25.5 Å². The molecular weight excluding hydrogens is 228 g/mol. The van der Waals surface area contributed by atoms with Gasteiger partial charge >= 0.3 is 0 Å². The number of likely N-dealkylation sites (tertiary alicyclic amines) is 1. The molecule has 0 aromatic heterocycles. The van der Waals surface area contributed by atoms with E-state index >= 15 is 0 Å². The molecule has 1 aromatic carbocycles. The van der Waals surface area contributed by atoms with Crippen LogP contribution in [0.25, 0.3) is 0 Å². The average molecular weight is 246 g/mol. The van der Waals surface area contributed by atoms with Crippen molar-refractivity contribution < 1.29 is 9.84 Å². The summed E-state index contributed by atoms with van der Waals surface area (Å²) in [5.41, 5.74) is 1.67. The van der Waals surface area contributed by atoms with Crippen molar-refractivity contribution in [3.05, 3.63) is 29.3 Å². The molecule has 0 unspecified atom stereocenters. The van der Waals surface area contributed by atoms with Gasteiger partial charge in [-0.15, -0.1) is 0 Å². The van der Waals surface area contributed by atoms with Crippen molar-refractivity contribution in [2.75, 3.05) is 20.2 Å². The first-order valence-electron chi connectivity index (χ1n) is 6.20. The molecule has 96 valence electrons. The fourth-order valence-corrected chi connectivity index (χ4v) is 2.36. The van der Waals surface area contributed by atoms with Gasteiger partial charge in [-0.25, -0.2) is 0 Å². The molecule has 1 atom stereocenters. The molecule has 1 aliphatic rings.